The molecular weight excluding hydrogens is 571 g/mol. The van der Waals surface area contributed by atoms with E-state index in [4.69, 9.17) is 34.8 Å². The van der Waals surface area contributed by atoms with E-state index < -0.39 is 5.41 Å². The van der Waals surface area contributed by atoms with Gasteiger partial charge in [-0.3, -0.25) is 4.79 Å². The largest absolute Gasteiger partial charge is 0.355 e. The lowest BCUT2D eigenvalue weighted by Gasteiger charge is -2.44. The Balaban J connectivity index is 1.46. The summed E-state index contributed by atoms with van der Waals surface area (Å²) in [5.74, 6) is 0.0152. The molecular formula is C35H35Cl3N2O. The molecule has 1 aliphatic rings. The van der Waals surface area contributed by atoms with Gasteiger partial charge in [0.2, 0.25) is 5.91 Å². The third-order valence-electron chi connectivity index (χ3n) is 8.69. The maximum atomic E-state index is 11.9. The van der Waals surface area contributed by atoms with Gasteiger partial charge < -0.3 is 10.2 Å². The van der Waals surface area contributed by atoms with E-state index in [1.807, 2.05) is 36.4 Å². The van der Waals surface area contributed by atoms with Crippen molar-refractivity contribution in [2.24, 2.45) is 0 Å². The topological polar surface area (TPSA) is 32.3 Å². The fourth-order valence-corrected chi connectivity index (χ4v) is 6.70. The second-order valence-electron chi connectivity index (χ2n) is 11.1. The van der Waals surface area contributed by atoms with Crippen molar-refractivity contribution in [3.05, 3.63) is 140 Å². The minimum absolute atomic E-state index is 0.0152. The van der Waals surface area contributed by atoms with E-state index in [0.29, 0.717) is 21.6 Å². The number of halogens is 3. The summed E-state index contributed by atoms with van der Waals surface area (Å²) in [6.07, 6.45) is 2.82. The minimum Gasteiger partial charge on any atom is -0.355 e. The van der Waals surface area contributed by atoms with Gasteiger partial charge >= 0.3 is 0 Å². The van der Waals surface area contributed by atoms with Gasteiger partial charge in [-0.1, -0.05) is 102 Å². The van der Waals surface area contributed by atoms with Gasteiger partial charge in [0.25, 0.3) is 0 Å². The molecule has 0 aliphatic carbocycles. The van der Waals surface area contributed by atoms with Gasteiger partial charge in [-0.25, -0.2) is 0 Å². The van der Waals surface area contributed by atoms with Crippen LogP contribution in [0.1, 0.15) is 48.4 Å². The van der Waals surface area contributed by atoms with Crippen LogP contribution in [0.25, 0.3) is 0 Å². The number of amides is 1. The van der Waals surface area contributed by atoms with Gasteiger partial charge in [0.15, 0.2) is 0 Å². The molecule has 5 rings (SSSR count). The quantitative estimate of drug-likeness (QED) is 0.194. The van der Waals surface area contributed by atoms with Crippen LogP contribution in [0.2, 0.25) is 15.1 Å². The lowest BCUT2D eigenvalue weighted by atomic mass is 9.67. The fraction of sp³-hybridized carbons (Fsp3) is 0.286. The van der Waals surface area contributed by atoms with Crippen molar-refractivity contribution >= 4 is 40.7 Å². The first-order valence-corrected chi connectivity index (χ1v) is 15.2. The Morgan fingerprint density at radius 2 is 1.17 bits per heavy atom. The maximum absolute atomic E-state index is 11.9. The van der Waals surface area contributed by atoms with Crippen LogP contribution in [0.15, 0.2) is 103 Å². The Bertz CT molecular complexity index is 1320. The molecule has 0 bridgehead atoms. The molecule has 4 aromatic rings. The van der Waals surface area contributed by atoms with E-state index in [2.05, 4.69) is 76.9 Å². The maximum Gasteiger partial charge on any atom is 0.216 e. The minimum atomic E-state index is -0.427. The number of carbonyl (C=O) groups excluding carboxylic acids is 1. The van der Waals surface area contributed by atoms with Gasteiger partial charge in [0.05, 0.1) is 0 Å². The Kier molecular flexibility index (Phi) is 9.41. The Hall–Kier alpha value is -2.82. The van der Waals surface area contributed by atoms with Gasteiger partial charge in [-0.15, -0.1) is 0 Å². The molecule has 0 aromatic heterocycles. The van der Waals surface area contributed by atoms with Crippen molar-refractivity contribution in [3.8, 4) is 0 Å². The van der Waals surface area contributed by atoms with Crippen molar-refractivity contribution in [3.63, 3.8) is 0 Å². The second-order valence-corrected chi connectivity index (χ2v) is 12.4. The summed E-state index contributed by atoms with van der Waals surface area (Å²) in [5.41, 5.74) is 4.33. The Morgan fingerprint density at radius 1 is 0.732 bits per heavy atom. The van der Waals surface area contributed by atoms with E-state index in [1.165, 1.54) is 22.3 Å². The van der Waals surface area contributed by atoms with E-state index in [1.54, 1.807) is 6.92 Å². The zero-order valence-electron chi connectivity index (χ0n) is 23.3. The highest BCUT2D eigenvalue weighted by Gasteiger charge is 2.39. The summed E-state index contributed by atoms with van der Waals surface area (Å²) < 4.78 is 0. The van der Waals surface area contributed by atoms with Crippen LogP contribution >= 0.6 is 34.8 Å². The standard InChI is InChI=1S/C35H35Cl3N2O/c1-26(41)39-25-34(27-5-3-2-4-6-27)19-22-40(23-20-34)24-21-35(28-7-13-31(36)14-8-28,29-9-15-32(37)16-10-29)30-11-17-33(38)18-12-30/h2-18H,19-25H2,1H3,(H,39,41). The summed E-state index contributed by atoms with van der Waals surface area (Å²) in [6.45, 7) is 5.06. The van der Waals surface area contributed by atoms with E-state index in [0.717, 1.165) is 38.9 Å². The number of nitrogens with zero attached hydrogens (tertiary/aromatic N) is 1. The number of hydrogen-bond donors (Lipinski definition) is 1. The molecule has 0 unspecified atom stereocenters. The molecule has 0 atom stereocenters. The third-order valence-corrected chi connectivity index (χ3v) is 9.45. The van der Waals surface area contributed by atoms with Crippen LogP contribution in [-0.4, -0.2) is 37.0 Å². The molecule has 1 amide bonds. The van der Waals surface area contributed by atoms with Crippen LogP contribution in [-0.2, 0) is 15.6 Å². The normalized spacial score (nSPS) is 15.4. The molecule has 0 spiro atoms. The molecule has 1 fully saturated rings. The molecule has 1 aliphatic heterocycles. The van der Waals surface area contributed by atoms with Crippen LogP contribution < -0.4 is 5.32 Å². The Morgan fingerprint density at radius 3 is 1.59 bits per heavy atom. The monoisotopic (exact) mass is 604 g/mol. The van der Waals surface area contributed by atoms with Crippen LogP contribution in [0, 0.1) is 0 Å². The molecule has 3 nitrogen and oxygen atoms in total. The number of likely N-dealkylation sites (tertiary alicyclic amines) is 1. The molecule has 212 valence electrons. The average Bonchev–Trinajstić information content (AvgIpc) is 2.99. The molecule has 6 heteroatoms. The molecule has 41 heavy (non-hydrogen) atoms. The molecule has 0 radical (unpaired) electrons. The number of nitrogens with one attached hydrogen (secondary N) is 1. The zero-order chi connectivity index (χ0) is 28.9. The number of rotatable bonds is 9. The first-order chi connectivity index (χ1) is 19.8. The van der Waals surface area contributed by atoms with Crippen LogP contribution in [0.5, 0.6) is 0 Å². The molecule has 4 aromatic carbocycles. The molecule has 1 N–H and O–H groups in total. The number of benzene rings is 4. The highest BCUT2D eigenvalue weighted by Crippen LogP contribution is 2.44. The van der Waals surface area contributed by atoms with Crippen molar-refractivity contribution in [1.82, 2.24) is 10.2 Å². The van der Waals surface area contributed by atoms with Crippen LogP contribution in [0.3, 0.4) is 0 Å². The third kappa shape index (κ3) is 6.65. The number of carbonyl (C=O) groups is 1. The SMILES string of the molecule is CC(=O)NCC1(c2ccccc2)CCN(CCC(c2ccc(Cl)cc2)(c2ccc(Cl)cc2)c2ccc(Cl)cc2)CC1. The van der Waals surface area contributed by atoms with Crippen molar-refractivity contribution in [2.75, 3.05) is 26.2 Å². The van der Waals surface area contributed by atoms with Crippen molar-refractivity contribution in [1.29, 1.82) is 0 Å². The summed E-state index contributed by atoms with van der Waals surface area (Å²) in [4.78, 5) is 14.4. The summed E-state index contributed by atoms with van der Waals surface area (Å²) >= 11 is 19.0. The average molecular weight is 606 g/mol. The Labute approximate surface area is 258 Å². The van der Waals surface area contributed by atoms with Gasteiger partial charge in [0, 0.05) is 39.4 Å². The van der Waals surface area contributed by atoms with Gasteiger partial charge in [-0.2, -0.15) is 0 Å². The number of piperidine rings is 1. The first kappa shape index (κ1) is 29.7. The lowest BCUT2D eigenvalue weighted by Crippen LogP contribution is -2.49. The van der Waals surface area contributed by atoms with Crippen molar-refractivity contribution < 1.29 is 4.79 Å². The zero-order valence-corrected chi connectivity index (χ0v) is 25.5. The van der Waals surface area contributed by atoms with Crippen molar-refractivity contribution in [2.45, 2.75) is 37.0 Å². The predicted molar refractivity (Wildman–Crippen MR) is 171 cm³/mol. The predicted octanol–water partition coefficient (Wildman–Crippen LogP) is 8.54. The lowest BCUT2D eigenvalue weighted by molar-refractivity contribution is -0.119. The summed E-state index contributed by atoms with van der Waals surface area (Å²) in [7, 11) is 0. The second kappa shape index (κ2) is 13.0. The van der Waals surface area contributed by atoms with Gasteiger partial charge in [-0.05, 0) is 97.5 Å². The van der Waals surface area contributed by atoms with E-state index in [9.17, 15) is 4.79 Å². The number of hydrogen-bond acceptors (Lipinski definition) is 2. The van der Waals surface area contributed by atoms with E-state index in [-0.39, 0.29) is 11.3 Å². The van der Waals surface area contributed by atoms with E-state index >= 15 is 0 Å². The summed E-state index contributed by atoms with van der Waals surface area (Å²) in [5, 5.41) is 5.25. The molecule has 1 heterocycles. The fourth-order valence-electron chi connectivity index (χ4n) is 6.32. The van der Waals surface area contributed by atoms with Crippen LogP contribution in [0.4, 0.5) is 0 Å². The molecule has 0 saturated carbocycles. The van der Waals surface area contributed by atoms with Gasteiger partial charge in [0.1, 0.15) is 0 Å². The first-order valence-electron chi connectivity index (χ1n) is 14.1. The highest BCUT2D eigenvalue weighted by atomic mass is 35.5. The smallest absolute Gasteiger partial charge is 0.216 e. The summed E-state index contributed by atoms with van der Waals surface area (Å²) in [6, 6.07) is 35.2. The molecule has 1 saturated heterocycles. The highest BCUT2D eigenvalue weighted by molar-refractivity contribution is 6.31.